The van der Waals surface area contributed by atoms with E-state index in [-0.39, 0.29) is 6.61 Å². The van der Waals surface area contributed by atoms with Crippen molar-refractivity contribution in [3.8, 4) is 0 Å². The number of methoxy groups -OCH3 is 1. The van der Waals surface area contributed by atoms with E-state index in [0.29, 0.717) is 19.4 Å². The van der Waals surface area contributed by atoms with Crippen molar-refractivity contribution in [1.29, 1.82) is 0 Å². The van der Waals surface area contributed by atoms with Gasteiger partial charge in [-0.1, -0.05) is 19.8 Å². The van der Waals surface area contributed by atoms with Crippen molar-refractivity contribution in [2.75, 3.05) is 20.3 Å². The van der Waals surface area contributed by atoms with Gasteiger partial charge in [-0.25, -0.2) is 4.39 Å². The summed E-state index contributed by atoms with van der Waals surface area (Å²) in [6.07, 6.45) is 3.81. The van der Waals surface area contributed by atoms with Crippen molar-refractivity contribution < 1.29 is 9.13 Å². The van der Waals surface area contributed by atoms with Crippen LogP contribution in [-0.4, -0.2) is 25.9 Å². The summed E-state index contributed by atoms with van der Waals surface area (Å²) < 4.78 is 18.9. The second kappa shape index (κ2) is 7.27. The Morgan fingerprint density at radius 1 is 1.31 bits per heavy atom. The Bertz CT molecular complexity index is 111. The number of halogens is 1. The van der Waals surface area contributed by atoms with Crippen LogP contribution in [0.4, 0.5) is 4.39 Å². The van der Waals surface area contributed by atoms with Crippen molar-refractivity contribution in [2.45, 2.75) is 44.7 Å². The molecule has 1 atom stereocenters. The maximum atomic E-state index is 14.0. The monoisotopic (exact) mass is 191 g/mol. The molecule has 80 valence electrons. The highest BCUT2D eigenvalue weighted by Crippen LogP contribution is 2.25. The second-order valence-electron chi connectivity index (χ2n) is 3.58. The molecule has 0 aromatic carbocycles. The molecule has 0 amide bonds. The van der Waals surface area contributed by atoms with Crippen LogP contribution in [0.3, 0.4) is 0 Å². The zero-order valence-electron chi connectivity index (χ0n) is 8.81. The van der Waals surface area contributed by atoms with Gasteiger partial charge in [-0.05, 0) is 25.8 Å². The summed E-state index contributed by atoms with van der Waals surface area (Å²) in [5.41, 5.74) is 4.20. The maximum absolute atomic E-state index is 14.0. The molecule has 0 heterocycles. The van der Waals surface area contributed by atoms with E-state index in [1.165, 1.54) is 0 Å². The Morgan fingerprint density at radius 2 is 1.92 bits per heavy atom. The number of nitrogens with two attached hydrogens (primary N) is 1. The van der Waals surface area contributed by atoms with Gasteiger partial charge in [0.25, 0.3) is 0 Å². The lowest BCUT2D eigenvalue weighted by Crippen LogP contribution is -2.29. The van der Waals surface area contributed by atoms with Gasteiger partial charge in [-0.3, -0.25) is 0 Å². The highest BCUT2D eigenvalue weighted by atomic mass is 19.1. The average Bonchev–Trinajstić information content (AvgIpc) is 2.12. The lowest BCUT2D eigenvalue weighted by Gasteiger charge is -2.24. The molecule has 0 fully saturated rings. The van der Waals surface area contributed by atoms with E-state index in [2.05, 4.69) is 6.92 Å². The van der Waals surface area contributed by atoms with Crippen LogP contribution in [0.15, 0.2) is 0 Å². The zero-order chi connectivity index (χ0) is 10.2. The van der Waals surface area contributed by atoms with Gasteiger partial charge in [0.15, 0.2) is 0 Å². The molecule has 13 heavy (non-hydrogen) atoms. The Kier molecular flexibility index (Phi) is 7.19. The molecule has 0 aromatic heterocycles. The van der Waals surface area contributed by atoms with Crippen molar-refractivity contribution >= 4 is 0 Å². The van der Waals surface area contributed by atoms with Gasteiger partial charge < -0.3 is 10.5 Å². The molecule has 0 saturated heterocycles. The predicted octanol–water partition coefficient (Wildman–Crippen LogP) is 2.27. The van der Waals surface area contributed by atoms with Crippen molar-refractivity contribution in [1.82, 2.24) is 0 Å². The molecule has 1 unspecified atom stereocenters. The van der Waals surface area contributed by atoms with E-state index in [1.807, 2.05) is 0 Å². The first kappa shape index (κ1) is 12.8. The van der Waals surface area contributed by atoms with Crippen molar-refractivity contribution in [2.24, 2.45) is 5.73 Å². The van der Waals surface area contributed by atoms with Crippen molar-refractivity contribution in [3.05, 3.63) is 0 Å². The third-order valence-corrected chi connectivity index (χ3v) is 2.21. The smallest absolute Gasteiger partial charge is 0.134 e. The quantitative estimate of drug-likeness (QED) is 0.638. The van der Waals surface area contributed by atoms with Gasteiger partial charge in [-0.2, -0.15) is 0 Å². The molecule has 0 aliphatic rings. The summed E-state index contributed by atoms with van der Waals surface area (Å²) in [5.74, 6) is 0. The molecular formula is C10H22FNO. The van der Waals surface area contributed by atoms with Gasteiger partial charge in [0.2, 0.25) is 0 Å². The fourth-order valence-corrected chi connectivity index (χ4v) is 1.44. The van der Waals surface area contributed by atoms with Crippen LogP contribution in [-0.2, 0) is 4.74 Å². The topological polar surface area (TPSA) is 35.2 Å². The minimum absolute atomic E-state index is 0.201. The van der Waals surface area contributed by atoms with E-state index in [0.717, 1.165) is 19.3 Å². The highest BCUT2D eigenvalue weighted by molar-refractivity contribution is 4.78. The molecule has 0 bridgehead atoms. The molecular weight excluding hydrogens is 169 g/mol. The largest absolute Gasteiger partial charge is 0.381 e. The Labute approximate surface area is 80.6 Å². The lowest BCUT2D eigenvalue weighted by atomic mass is 9.94. The van der Waals surface area contributed by atoms with E-state index in [9.17, 15) is 4.39 Å². The minimum atomic E-state index is -1.15. The zero-order valence-corrected chi connectivity index (χ0v) is 8.81. The molecule has 2 nitrogen and oxygen atoms in total. The maximum Gasteiger partial charge on any atom is 0.134 e. The first-order valence-corrected chi connectivity index (χ1v) is 5.06. The summed E-state index contributed by atoms with van der Waals surface area (Å²) in [4.78, 5) is 0. The number of unbranched alkanes of at least 4 members (excludes halogenated alkanes) is 1. The fraction of sp³-hybridized carbons (Fsp3) is 1.00. The predicted molar refractivity (Wildman–Crippen MR) is 53.5 cm³/mol. The molecule has 0 spiro atoms. The van der Waals surface area contributed by atoms with Gasteiger partial charge in [0, 0.05) is 7.11 Å². The van der Waals surface area contributed by atoms with E-state index in [1.54, 1.807) is 7.11 Å². The molecule has 0 aliphatic carbocycles. The second-order valence-corrected chi connectivity index (χ2v) is 3.58. The summed E-state index contributed by atoms with van der Waals surface area (Å²) >= 11 is 0. The summed E-state index contributed by atoms with van der Waals surface area (Å²) in [7, 11) is 1.54. The van der Waals surface area contributed by atoms with E-state index >= 15 is 0 Å². The summed E-state index contributed by atoms with van der Waals surface area (Å²) in [6, 6.07) is 0. The van der Waals surface area contributed by atoms with Crippen LogP contribution in [0.1, 0.15) is 39.0 Å². The van der Waals surface area contributed by atoms with Gasteiger partial charge in [-0.15, -0.1) is 0 Å². The van der Waals surface area contributed by atoms with Crippen molar-refractivity contribution in [3.63, 3.8) is 0 Å². The van der Waals surface area contributed by atoms with Gasteiger partial charge >= 0.3 is 0 Å². The Hall–Kier alpha value is -0.150. The summed E-state index contributed by atoms with van der Waals surface area (Å²) in [5, 5.41) is 0. The van der Waals surface area contributed by atoms with Crippen LogP contribution >= 0.6 is 0 Å². The first-order valence-electron chi connectivity index (χ1n) is 5.06. The number of ether oxygens (including phenoxy) is 1. The summed E-state index contributed by atoms with van der Waals surface area (Å²) in [6.45, 7) is 2.82. The van der Waals surface area contributed by atoms with Crippen LogP contribution in [0.25, 0.3) is 0 Å². The molecule has 0 aliphatic heterocycles. The van der Waals surface area contributed by atoms with Crippen LogP contribution in [0.5, 0.6) is 0 Å². The number of alkyl halides is 1. The van der Waals surface area contributed by atoms with E-state index < -0.39 is 5.67 Å². The van der Waals surface area contributed by atoms with E-state index in [4.69, 9.17) is 10.5 Å². The fourth-order valence-electron chi connectivity index (χ4n) is 1.44. The van der Waals surface area contributed by atoms with Crippen LogP contribution in [0, 0.1) is 0 Å². The lowest BCUT2D eigenvalue weighted by molar-refractivity contribution is 0.0251. The Balaban J connectivity index is 3.84. The standard InChI is InChI=1S/C10H22FNO/c1-3-4-6-10(11,9-13-2)7-5-8-12/h3-9,12H2,1-2H3. The molecule has 3 heteroatoms. The minimum Gasteiger partial charge on any atom is -0.381 e. The first-order chi connectivity index (χ1) is 6.18. The SMILES string of the molecule is CCCCC(F)(CCCN)COC. The van der Waals surface area contributed by atoms with Gasteiger partial charge in [0.05, 0.1) is 6.61 Å². The molecule has 2 N–H and O–H groups in total. The molecule has 0 radical (unpaired) electrons. The third-order valence-electron chi connectivity index (χ3n) is 2.21. The Morgan fingerprint density at radius 3 is 2.38 bits per heavy atom. The number of hydrogen-bond acceptors (Lipinski definition) is 2. The normalized spacial score (nSPS) is 15.7. The number of rotatable bonds is 8. The third kappa shape index (κ3) is 5.99. The van der Waals surface area contributed by atoms with Gasteiger partial charge in [0.1, 0.15) is 5.67 Å². The molecule has 0 saturated carbocycles. The number of hydrogen-bond donors (Lipinski definition) is 1. The van der Waals surface area contributed by atoms with Crippen LogP contribution < -0.4 is 5.73 Å². The molecule has 0 aromatic rings. The average molecular weight is 191 g/mol. The molecule has 0 rings (SSSR count). The van der Waals surface area contributed by atoms with Crippen LogP contribution in [0.2, 0.25) is 0 Å². The highest BCUT2D eigenvalue weighted by Gasteiger charge is 2.27.